The normalized spacial score (nSPS) is 23.8. The Balaban J connectivity index is 1.55. The number of aromatic amines is 1. The first-order valence-corrected chi connectivity index (χ1v) is 11.8. The Morgan fingerprint density at radius 3 is 2.75 bits per heavy atom. The number of benzene rings is 2. The molecule has 5 rings (SSSR count). The molecule has 11 heteroatoms. The minimum Gasteiger partial charge on any atom is -0.507 e. The molecule has 2 atom stereocenters. The lowest BCUT2D eigenvalue weighted by Crippen LogP contribution is -2.60. The number of anilines is 1. The summed E-state index contributed by atoms with van der Waals surface area (Å²) in [5.74, 6) is 0.0386. The summed E-state index contributed by atoms with van der Waals surface area (Å²) in [4.78, 5) is 16.1. The third kappa shape index (κ3) is 4.02. The van der Waals surface area contributed by atoms with Crippen molar-refractivity contribution >= 4 is 11.5 Å². The van der Waals surface area contributed by atoms with Crippen LogP contribution in [-0.4, -0.2) is 70.0 Å². The number of ketones is 1. The number of morpholine rings is 1. The molecule has 0 radical (unpaired) electrons. The molecule has 2 aromatic carbocycles. The number of rotatable bonds is 6. The molecule has 0 bridgehead atoms. The fraction of sp³-hybridized carbons (Fsp3) is 0.440. The number of phenolic OH excluding ortho intramolecular Hbond substituents is 1. The minimum absolute atomic E-state index is 0.0701. The quantitative estimate of drug-likeness (QED) is 0.529. The van der Waals surface area contributed by atoms with Crippen molar-refractivity contribution in [1.29, 1.82) is 0 Å². The van der Waals surface area contributed by atoms with E-state index >= 15 is 0 Å². The van der Waals surface area contributed by atoms with E-state index < -0.39 is 16.8 Å². The van der Waals surface area contributed by atoms with E-state index in [0.717, 1.165) is 5.69 Å². The summed E-state index contributed by atoms with van der Waals surface area (Å²) in [6, 6.07) is 7.93. The highest BCUT2D eigenvalue weighted by molar-refractivity contribution is 6.07. The number of aromatic nitrogens is 4. The van der Waals surface area contributed by atoms with Gasteiger partial charge in [0, 0.05) is 42.9 Å². The van der Waals surface area contributed by atoms with Crippen LogP contribution in [0.4, 0.5) is 10.1 Å². The molecule has 2 unspecified atom stereocenters. The molecule has 0 saturated carbocycles. The molecule has 0 spiro atoms. The maximum Gasteiger partial charge on any atom is 0.180 e. The van der Waals surface area contributed by atoms with Crippen molar-refractivity contribution in [3.05, 3.63) is 53.1 Å². The molecule has 2 aliphatic rings. The molecule has 1 aromatic heterocycles. The number of tetrazole rings is 1. The predicted octanol–water partition coefficient (Wildman–Crippen LogP) is 2.85. The number of carbonyl (C=O) groups excluding carboxylic acids is 1. The first-order valence-electron chi connectivity index (χ1n) is 11.8. The van der Waals surface area contributed by atoms with E-state index in [2.05, 4.69) is 25.5 Å². The van der Waals surface area contributed by atoms with Gasteiger partial charge in [-0.2, -0.15) is 5.21 Å². The van der Waals surface area contributed by atoms with Crippen LogP contribution in [0, 0.1) is 18.2 Å². The van der Waals surface area contributed by atoms with Gasteiger partial charge in [0.2, 0.25) is 0 Å². The van der Waals surface area contributed by atoms with Crippen molar-refractivity contribution < 1.29 is 28.5 Å². The number of nitrogens with zero attached hydrogens (tertiary/aromatic N) is 4. The number of hydrogen-bond donors (Lipinski definition) is 2. The van der Waals surface area contributed by atoms with E-state index in [1.54, 1.807) is 45.0 Å². The molecule has 190 valence electrons. The standard InChI is InChI=1S/C25H28FN5O5/c1-15-17(26)5-4-6-19(15)35-14-25(3)24(2,13-21-27-29-30-28-21)23(33)22-18(32)11-16(12-20(22)36-25)31-7-9-34-10-8-31/h4-6,11-12,32H,7-10,13-14H2,1-3H3,(H,27,28,29,30). The van der Waals surface area contributed by atoms with Gasteiger partial charge in [-0.25, -0.2) is 4.39 Å². The fourth-order valence-electron chi connectivity index (χ4n) is 4.76. The van der Waals surface area contributed by atoms with Crippen molar-refractivity contribution in [3.63, 3.8) is 0 Å². The highest BCUT2D eigenvalue weighted by Crippen LogP contribution is 2.50. The van der Waals surface area contributed by atoms with Crippen molar-refractivity contribution in [3.8, 4) is 17.2 Å². The first kappa shape index (κ1) is 24.0. The van der Waals surface area contributed by atoms with Crippen LogP contribution in [0.15, 0.2) is 30.3 Å². The molecule has 1 fully saturated rings. The average molecular weight is 498 g/mol. The zero-order chi connectivity index (χ0) is 25.5. The van der Waals surface area contributed by atoms with Crippen LogP contribution >= 0.6 is 0 Å². The van der Waals surface area contributed by atoms with Gasteiger partial charge in [0.15, 0.2) is 17.2 Å². The second-order valence-corrected chi connectivity index (χ2v) is 9.59. The Kier molecular flexibility index (Phi) is 6.03. The first-order chi connectivity index (χ1) is 17.2. The molecule has 3 heterocycles. The Morgan fingerprint density at radius 1 is 1.25 bits per heavy atom. The summed E-state index contributed by atoms with van der Waals surface area (Å²) in [7, 11) is 0. The van der Waals surface area contributed by atoms with Crippen LogP contribution < -0.4 is 14.4 Å². The fourth-order valence-corrected chi connectivity index (χ4v) is 4.76. The molecular formula is C25H28FN5O5. The summed E-state index contributed by atoms with van der Waals surface area (Å²) in [6.45, 7) is 7.49. The molecule has 2 aliphatic heterocycles. The van der Waals surface area contributed by atoms with Crippen molar-refractivity contribution in [2.24, 2.45) is 5.41 Å². The lowest BCUT2D eigenvalue weighted by atomic mass is 9.65. The Labute approximate surface area is 207 Å². The maximum atomic E-state index is 14.1. The predicted molar refractivity (Wildman–Crippen MR) is 127 cm³/mol. The number of hydrogen-bond acceptors (Lipinski definition) is 9. The van der Waals surface area contributed by atoms with Gasteiger partial charge in [-0.15, -0.1) is 10.2 Å². The highest BCUT2D eigenvalue weighted by Gasteiger charge is 2.58. The van der Waals surface area contributed by atoms with Gasteiger partial charge in [0.1, 0.15) is 35.2 Å². The molecule has 10 nitrogen and oxygen atoms in total. The summed E-state index contributed by atoms with van der Waals surface area (Å²) in [5.41, 5.74) is -1.29. The van der Waals surface area contributed by atoms with Crippen LogP contribution in [0.1, 0.15) is 35.6 Å². The van der Waals surface area contributed by atoms with Crippen molar-refractivity contribution in [2.45, 2.75) is 32.8 Å². The number of aromatic hydroxyl groups is 1. The smallest absolute Gasteiger partial charge is 0.180 e. The van der Waals surface area contributed by atoms with Gasteiger partial charge in [-0.1, -0.05) is 11.3 Å². The Bertz CT molecular complexity index is 1280. The molecule has 0 aliphatic carbocycles. The lowest BCUT2D eigenvalue weighted by molar-refractivity contribution is -0.0617. The third-order valence-electron chi connectivity index (χ3n) is 7.29. The van der Waals surface area contributed by atoms with E-state index in [1.807, 2.05) is 0 Å². The summed E-state index contributed by atoms with van der Waals surface area (Å²) in [6.07, 6.45) is 0.0778. The van der Waals surface area contributed by atoms with E-state index in [4.69, 9.17) is 14.2 Å². The second kappa shape index (κ2) is 9.05. The molecule has 2 N–H and O–H groups in total. The molecule has 0 amide bonds. The SMILES string of the molecule is Cc1c(F)cccc1OCC1(C)Oc2cc(N3CCOCC3)cc(O)c2C(=O)C1(C)Cc1nn[nH]n1. The average Bonchev–Trinajstić information content (AvgIpc) is 3.37. The van der Waals surface area contributed by atoms with Gasteiger partial charge in [-0.3, -0.25) is 4.79 Å². The Morgan fingerprint density at radius 2 is 2.03 bits per heavy atom. The van der Waals surface area contributed by atoms with E-state index in [-0.39, 0.29) is 35.9 Å². The molecule has 3 aromatic rings. The largest absolute Gasteiger partial charge is 0.507 e. The van der Waals surface area contributed by atoms with Gasteiger partial charge >= 0.3 is 0 Å². The number of fused-ring (bicyclic) bond motifs is 1. The van der Waals surface area contributed by atoms with Crippen molar-refractivity contribution in [1.82, 2.24) is 20.6 Å². The van der Waals surface area contributed by atoms with Gasteiger partial charge < -0.3 is 24.2 Å². The van der Waals surface area contributed by atoms with Crippen LogP contribution in [0.3, 0.4) is 0 Å². The van der Waals surface area contributed by atoms with Crippen LogP contribution in [-0.2, 0) is 11.2 Å². The highest BCUT2D eigenvalue weighted by atomic mass is 19.1. The van der Waals surface area contributed by atoms with Crippen LogP contribution in [0.5, 0.6) is 17.2 Å². The maximum absolute atomic E-state index is 14.1. The summed E-state index contributed by atoms with van der Waals surface area (Å²) < 4.78 is 32.1. The monoisotopic (exact) mass is 497 g/mol. The van der Waals surface area contributed by atoms with Gasteiger partial charge in [0.25, 0.3) is 0 Å². The van der Waals surface area contributed by atoms with Gasteiger partial charge in [-0.05, 0) is 32.9 Å². The number of Topliss-reactive ketones (excluding diaryl/α,β-unsaturated/α-hetero) is 1. The van der Waals surface area contributed by atoms with Crippen LogP contribution in [0.2, 0.25) is 0 Å². The third-order valence-corrected chi connectivity index (χ3v) is 7.29. The lowest BCUT2D eigenvalue weighted by Gasteiger charge is -2.48. The van der Waals surface area contributed by atoms with E-state index in [1.165, 1.54) is 6.07 Å². The Hall–Kier alpha value is -3.73. The minimum atomic E-state index is -1.25. The second-order valence-electron chi connectivity index (χ2n) is 9.59. The van der Waals surface area contributed by atoms with Crippen molar-refractivity contribution in [2.75, 3.05) is 37.8 Å². The van der Waals surface area contributed by atoms with E-state index in [0.29, 0.717) is 43.4 Å². The number of carbonyl (C=O) groups is 1. The summed E-state index contributed by atoms with van der Waals surface area (Å²) in [5, 5.41) is 25.0. The molecule has 1 saturated heterocycles. The topological polar surface area (TPSA) is 123 Å². The number of nitrogens with one attached hydrogen (secondary N) is 1. The molecule has 36 heavy (non-hydrogen) atoms. The molecular weight excluding hydrogens is 469 g/mol. The van der Waals surface area contributed by atoms with Crippen LogP contribution in [0.25, 0.3) is 0 Å². The zero-order valence-electron chi connectivity index (χ0n) is 20.4. The summed E-state index contributed by atoms with van der Waals surface area (Å²) >= 11 is 0. The number of phenols is 1. The number of halogens is 1. The van der Waals surface area contributed by atoms with E-state index in [9.17, 15) is 14.3 Å². The number of ether oxygens (including phenoxy) is 3. The number of H-pyrrole nitrogens is 1. The zero-order valence-corrected chi connectivity index (χ0v) is 20.4. The van der Waals surface area contributed by atoms with Gasteiger partial charge in [0.05, 0.1) is 18.6 Å².